The van der Waals surface area contributed by atoms with Crippen LogP contribution in [0.25, 0.3) is 0 Å². The maximum Gasteiger partial charge on any atom is 0.240 e. The third-order valence-electron chi connectivity index (χ3n) is 4.95. The van der Waals surface area contributed by atoms with Crippen LogP contribution in [0.4, 0.5) is 0 Å². The number of nitrogens with zero attached hydrogens (tertiary/aromatic N) is 1. The lowest BCUT2D eigenvalue weighted by atomic mass is 9.80. The largest absolute Gasteiger partial charge is 0.354 e. The summed E-state index contributed by atoms with van der Waals surface area (Å²) in [4.78, 5) is 12.2. The second kappa shape index (κ2) is 7.53. The van der Waals surface area contributed by atoms with E-state index in [9.17, 15) is 10.1 Å². The highest BCUT2D eigenvalue weighted by atomic mass is 16.2. The van der Waals surface area contributed by atoms with Gasteiger partial charge in [-0.2, -0.15) is 5.26 Å². The number of amides is 1. The first-order valence-corrected chi connectivity index (χ1v) is 7.81. The minimum atomic E-state index is -0.819. The Balaban J connectivity index is 2.41. The van der Waals surface area contributed by atoms with Crippen LogP contribution in [0, 0.1) is 28.6 Å². The normalized spacial score (nSPS) is 23.7. The van der Waals surface area contributed by atoms with E-state index in [1.54, 1.807) is 0 Å². The average Bonchev–Trinajstić information content (AvgIpc) is 2.48. The fourth-order valence-corrected chi connectivity index (χ4v) is 3.03. The van der Waals surface area contributed by atoms with Crippen molar-refractivity contribution >= 4 is 5.91 Å². The van der Waals surface area contributed by atoms with E-state index < -0.39 is 5.41 Å². The molecule has 1 amide bonds. The zero-order chi connectivity index (χ0) is 14.3. The van der Waals surface area contributed by atoms with Crippen LogP contribution in [0.15, 0.2) is 0 Å². The Bertz CT molecular complexity index is 320. The Hall–Kier alpha value is -1.04. The van der Waals surface area contributed by atoms with E-state index in [0.29, 0.717) is 18.8 Å². The van der Waals surface area contributed by atoms with Crippen molar-refractivity contribution in [3.8, 4) is 6.07 Å². The molecule has 108 valence electrons. The Morgan fingerprint density at radius 2 is 1.68 bits per heavy atom. The molecule has 0 aromatic rings. The molecule has 0 aliphatic heterocycles. The average molecular weight is 264 g/mol. The molecule has 19 heavy (non-hydrogen) atoms. The molecule has 0 bridgehead atoms. The summed E-state index contributed by atoms with van der Waals surface area (Å²) in [6, 6.07) is 2.21. The van der Waals surface area contributed by atoms with E-state index in [0.717, 1.165) is 12.5 Å². The first-order chi connectivity index (χ1) is 9.11. The van der Waals surface area contributed by atoms with Gasteiger partial charge in [-0.1, -0.05) is 40.0 Å². The molecule has 3 nitrogen and oxygen atoms in total. The number of nitriles is 1. The fraction of sp³-hybridized carbons (Fsp3) is 0.875. The van der Waals surface area contributed by atoms with Crippen LogP contribution >= 0.6 is 0 Å². The molecule has 0 radical (unpaired) electrons. The molecule has 1 saturated carbocycles. The molecular formula is C16H28N2O. The predicted molar refractivity (Wildman–Crippen MR) is 77.4 cm³/mol. The van der Waals surface area contributed by atoms with Crippen LogP contribution in [0.1, 0.15) is 65.7 Å². The molecule has 1 aliphatic rings. The summed E-state index contributed by atoms with van der Waals surface area (Å²) in [5.41, 5.74) is -0.819. The summed E-state index contributed by atoms with van der Waals surface area (Å²) in [5.74, 6) is 1.42. The number of carbonyl (C=O) groups excluding carboxylic acids is 1. The lowest BCUT2D eigenvalue weighted by Crippen LogP contribution is -2.41. The molecule has 1 aliphatic carbocycles. The third-order valence-corrected chi connectivity index (χ3v) is 4.95. The van der Waals surface area contributed by atoms with Gasteiger partial charge in [0, 0.05) is 6.54 Å². The van der Waals surface area contributed by atoms with Crippen LogP contribution < -0.4 is 5.32 Å². The molecule has 1 fully saturated rings. The van der Waals surface area contributed by atoms with Crippen molar-refractivity contribution in [3.63, 3.8) is 0 Å². The van der Waals surface area contributed by atoms with Crippen molar-refractivity contribution in [2.45, 2.75) is 65.7 Å². The van der Waals surface area contributed by atoms with E-state index in [2.05, 4.69) is 18.3 Å². The topological polar surface area (TPSA) is 52.9 Å². The van der Waals surface area contributed by atoms with Crippen LogP contribution in [0.3, 0.4) is 0 Å². The second-order valence-electron chi connectivity index (χ2n) is 5.91. The van der Waals surface area contributed by atoms with Gasteiger partial charge in [-0.15, -0.1) is 0 Å². The molecule has 0 unspecified atom stereocenters. The van der Waals surface area contributed by atoms with Gasteiger partial charge in [-0.3, -0.25) is 4.79 Å². The van der Waals surface area contributed by atoms with Gasteiger partial charge in [-0.25, -0.2) is 0 Å². The number of rotatable bonds is 6. The summed E-state index contributed by atoms with van der Waals surface area (Å²) in [6.07, 6.45) is 7.49. The number of carbonyl (C=O) groups is 1. The van der Waals surface area contributed by atoms with E-state index in [-0.39, 0.29) is 5.91 Å². The highest BCUT2D eigenvalue weighted by Crippen LogP contribution is 2.31. The minimum Gasteiger partial charge on any atom is -0.354 e. The van der Waals surface area contributed by atoms with Crippen LogP contribution in [0.2, 0.25) is 0 Å². The molecule has 1 N–H and O–H groups in total. The monoisotopic (exact) mass is 264 g/mol. The third kappa shape index (κ3) is 3.96. The van der Waals surface area contributed by atoms with E-state index in [1.807, 2.05) is 13.8 Å². The van der Waals surface area contributed by atoms with E-state index in [1.165, 1.54) is 32.1 Å². The lowest BCUT2D eigenvalue weighted by molar-refractivity contribution is -0.128. The number of hydrogen-bond donors (Lipinski definition) is 1. The molecule has 1 rings (SSSR count). The molecule has 0 atom stereocenters. The smallest absolute Gasteiger partial charge is 0.240 e. The quantitative estimate of drug-likeness (QED) is 0.796. The lowest BCUT2D eigenvalue weighted by Gasteiger charge is -2.29. The van der Waals surface area contributed by atoms with Gasteiger partial charge < -0.3 is 5.32 Å². The summed E-state index contributed by atoms with van der Waals surface area (Å²) in [7, 11) is 0. The van der Waals surface area contributed by atoms with Gasteiger partial charge in [0.05, 0.1) is 6.07 Å². The predicted octanol–water partition coefficient (Wildman–Crippen LogP) is 3.65. The van der Waals surface area contributed by atoms with Crippen LogP contribution in [-0.4, -0.2) is 12.5 Å². The van der Waals surface area contributed by atoms with Gasteiger partial charge in [0.1, 0.15) is 5.41 Å². The zero-order valence-electron chi connectivity index (χ0n) is 12.7. The standard InChI is InChI=1S/C16H28N2O/c1-4-13-7-9-14(10-8-13)11-18-15(19)16(5-2,6-3)12-17/h13-14H,4-11H2,1-3H3,(H,18,19). The van der Waals surface area contributed by atoms with Gasteiger partial charge in [0.15, 0.2) is 0 Å². The molecule has 0 aromatic carbocycles. The molecular weight excluding hydrogens is 236 g/mol. The van der Waals surface area contributed by atoms with Crippen molar-refractivity contribution in [1.29, 1.82) is 5.26 Å². The van der Waals surface area contributed by atoms with Gasteiger partial charge >= 0.3 is 0 Å². The van der Waals surface area contributed by atoms with E-state index in [4.69, 9.17) is 0 Å². The van der Waals surface area contributed by atoms with Crippen LogP contribution in [-0.2, 0) is 4.79 Å². The number of nitrogens with one attached hydrogen (secondary N) is 1. The van der Waals surface area contributed by atoms with Gasteiger partial charge in [0.25, 0.3) is 0 Å². The Morgan fingerprint density at radius 3 is 2.11 bits per heavy atom. The summed E-state index contributed by atoms with van der Waals surface area (Å²) >= 11 is 0. The van der Waals surface area contributed by atoms with Crippen molar-refractivity contribution in [2.75, 3.05) is 6.54 Å². The highest BCUT2D eigenvalue weighted by Gasteiger charge is 2.35. The molecule has 0 heterocycles. The molecule has 0 spiro atoms. The van der Waals surface area contributed by atoms with Crippen molar-refractivity contribution < 1.29 is 4.79 Å². The van der Waals surface area contributed by atoms with Gasteiger partial charge in [0.2, 0.25) is 5.91 Å². The highest BCUT2D eigenvalue weighted by molar-refractivity contribution is 5.85. The maximum atomic E-state index is 12.2. The first kappa shape index (κ1) is 16.0. The molecule has 3 heteroatoms. The Kier molecular flexibility index (Phi) is 6.34. The van der Waals surface area contributed by atoms with Crippen molar-refractivity contribution in [2.24, 2.45) is 17.3 Å². The summed E-state index contributed by atoms with van der Waals surface area (Å²) in [5, 5.41) is 12.3. The first-order valence-electron chi connectivity index (χ1n) is 7.81. The molecule has 0 saturated heterocycles. The van der Waals surface area contributed by atoms with Gasteiger partial charge in [-0.05, 0) is 37.5 Å². The number of hydrogen-bond acceptors (Lipinski definition) is 2. The van der Waals surface area contributed by atoms with Crippen molar-refractivity contribution in [3.05, 3.63) is 0 Å². The fourth-order valence-electron chi connectivity index (χ4n) is 3.03. The zero-order valence-corrected chi connectivity index (χ0v) is 12.7. The Morgan fingerprint density at radius 1 is 1.16 bits per heavy atom. The minimum absolute atomic E-state index is 0.0717. The SMILES string of the molecule is CCC1CCC(CNC(=O)C(C#N)(CC)CC)CC1. The summed E-state index contributed by atoms with van der Waals surface area (Å²) in [6.45, 7) is 6.84. The van der Waals surface area contributed by atoms with Crippen molar-refractivity contribution in [1.82, 2.24) is 5.32 Å². The summed E-state index contributed by atoms with van der Waals surface area (Å²) < 4.78 is 0. The van der Waals surface area contributed by atoms with Crippen LogP contribution in [0.5, 0.6) is 0 Å². The van der Waals surface area contributed by atoms with E-state index >= 15 is 0 Å². The molecule has 0 aromatic heterocycles. The second-order valence-corrected chi connectivity index (χ2v) is 5.91. The Labute approximate surface area is 117 Å². The maximum absolute atomic E-state index is 12.2.